The summed E-state index contributed by atoms with van der Waals surface area (Å²) in [5.74, 6) is -0.435. The second-order valence-corrected chi connectivity index (χ2v) is 6.45. The molecule has 1 heterocycles. The molecule has 3 N–H and O–H groups in total. The number of carbonyl (C=O) groups is 3. The highest BCUT2D eigenvalue weighted by Gasteiger charge is 2.48. The van der Waals surface area contributed by atoms with Gasteiger partial charge in [-0.25, -0.2) is 0 Å². The van der Waals surface area contributed by atoms with Crippen LogP contribution in [0.5, 0.6) is 0 Å². The number of nitrogens with zero attached hydrogens (tertiary/aromatic N) is 1. The molecule has 118 valence electrons. The van der Waals surface area contributed by atoms with E-state index in [9.17, 15) is 14.4 Å². The van der Waals surface area contributed by atoms with Crippen LogP contribution in [0.1, 0.15) is 52.4 Å². The zero-order valence-electron chi connectivity index (χ0n) is 12.9. The normalized spacial score (nSPS) is 29.7. The number of amides is 3. The molecule has 1 aliphatic carbocycles. The zero-order valence-corrected chi connectivity index (χ0v) is 12.9. The van der Waals surface area contributed by atoms with Crippen LogP contribution >= 0.6 is 0 Å². The topological polar surface area (TPSA) is 92.5 Å². The molecule has 0 bridgehead atoms. The van der Waals surface area contributed by atoms with Gasteiger partial charge in [0.2, 0.25) is 17.7 Å². The minimum atomic E-state index is -0.694. The molecular formula is C15H25N3O3. The largest absolute Gasteiger partial charge is 0.368 e. The van der Waals surface area contributed by atoms with Gasteiger partial charge in [0, 0.05) is 25.4 Å². The van der Waals surface area contributed by atoms with E-state index in [2.05, 4.69) is 5.32 Å². The average Bonchev–Trinajstić information content (AvgIpc) is 2.93. The van der Waals surface area contributed by atoms with Crippen LogP contribution in [0, 0.1) is 5.92 Å². The Morgan fingerprint density at radius 3 is 2.52 bits per heavy atom. The van der Waals surface area contributed by atoms with Gasteiger partial charge < -0.3 is 11.1 Å². The summed E-state index contributed by atoms with van der Waals surface area (Å²) in [5, 5.41) is 3.34. The Morgan fingerprint density at radius 1 is 1.38 bits per heavy atom. The standard InChI is InChI=1S/C15H25N3O3/c1-10(2)17-15(14(16)21)8-3-4-11(15)7-9-18-12(19)5-6-13(18)20/h10-11,17H,3-9H2,1-2H3,(H2,16,21). The number of imide groups is 1. The molecule has 0 aromatic carbocycles. The molecule has 1 saturated heterocycles. The number of likely N-dealkylation sites (tertiary alicyclic amines) is 1. The van der Waals surface area contributed by atoms with Crippen molar-refractivity contribution in [2.45, 2.75) is 64.0 Å². The van der Waals surface area contributed by atoms with Crippen molar-refractivity contribution in [2.24, 2.45) is 11.7 Å². The molecular weight excluding hydrogens is 270 g/mol. The minimum absolute atomic E-state index is 0.0820. The third-order valence-electron chi connectivity index (χ3n) is 4.66. The Bertz CT molecular complexity index is 433. The summed E-state index contributed by atoms with van der Waals surface area (Å²) in [6, 6.07) is 0.160. The second kappa shape index (κ2) is 6.13. The van der Waals surface area contributed by atoms with E-state index in [0.717, 1.165) is 19.3 Å². The van der Waals surface area contributed by atoms with Crippen molar-refractivity contribution in [1.29, 1.82) is 0 Å². The Morgan fingerprint density at radius 2 is 2.00 bits per heavy atom. The van der Waals surface area contributed by atoms with Crippen LogP contribution in [-0.4, -0.2) is 40.7 Å². The van der Waals surface area contributed by atoms with E-state index in [0.29, 0.717) is 25.8 Å². The summed E-state index contributed by atoms with van der Waals surface area (Å²) in [4.78, 5) is 36.7. The number of hydrogen-bond donors (Lipinski definition) is 2. The summed E-state index contributed by atoms with van der Waals surface area (Å²) < 4.78 is 0. The second-order valence-electron chi connectivity index (χ2n) is 6.45. The van der Waals surface area contributed by atoms with Gasteiger partial charge in [0.05, 0.1) is 0 Å². The molecule has 0 aromatic rings. The smallest absolute Gasteiger partial charge is 0.238 e. The highest BCUT2D eigenvalue weighted by molar-refractivity contribution is 6.01. The fourth-order valence-corrected chi connectivity index (χ4v) is 3.73. The maximum absolute atomic E-state index is 12.0. The highest BCUT2D eigenvalue weighted by atomic mass is 16.2. The Kier molecular flexibility index (Phi) is 4.66. The minimum Gasteiger partial charge on any atom is -0.368 e. The summed E-state index contributed by atoms with van der Waals surface area (Å²) in [6.45, 7) is 4.39. The van der Waals surface area contributed by atoms with E-state index >= 15 is 0 Å². The number of nitrogens with two attached hydrogens (primary N) is 1. The molecule has 3 amide bonds. The van der Waals surface area contributed by atoms with Crippen molar-refractivity contribution in [2.75, 3.05) is 6.54 Å². The van der Waals surface area contributed by atoms with Gasteiger partial charge in [-0.15, -0.1) is 0 Å². The monoisotopic (exact) mass is 295 g/mol. The molecule has 1 aliphatic heterocycles. The Balaban J connectivity index is 2.05. The van der Waals surface area contributed by atoms with Gasteiger partial charge in [0.1, 0.15) is 5.54 Å². The predicted octanol–water partition coefficient (Wildman–Crippen LogP) is 0.548. The lowest BCUT2D eigenvalue weighted by Gasteiger charge is -2.36. The van der Waals surface area contributed by atoms with E-state index in [1.807, 2.05) is 13.8 Å². The summed E-state index contributed by atoms with van der Waals surface area (Å²) >= 11 is 0. The molecule has 1 saturated carbocycles. The van der Waals surface area contributed by atoms with Crippen molar-refractivity contribution < 1.29 is 14.4 Å². The molecule has 2 rings (SSSR count). The van der Waals surface area contributed by atoms with Gasteiger partial charge in [-0.05, 0) is 39.0 Å². The SMILES string of the molecule is CC(C)NC1(C(N)=O)CCCC1CCN1C(=O)CCC1=O. The van der Waals surface area contributed by atoms with Crippen LogP contribution in [0.3, 0.4) is 0 Å². The lowest BCUT2D eigenvalue weighted by molar-refractivity contribution is -0.138. The maximum atomic E-state index is 12.0. The van der Waals surface area contributed by atoms with Gasteiger partial charge in [-0.3, -0.25) is 19.3 Å². The molecule has 6 nitrogen and oxygen atoms in total. The highest BCUT2D eigenvalue weighted by Crippen LogP contribution is 2.38. The van der Waals surface area contributed by atoms with Gasteiger partial charge in [-0.1, -0.05) is 6.42 Å². The zero-order chi connectivity index (χ0) is 15.6. The van der Waals surface area contributed by atoms with E-state index in [1.54, 1.807) is 0 Å². The van der Waals surface area contributed by atoms with Crippen molar-refractivity contribution in [3.05, 3.63) is 0 Å². The molecule has 0 spiro atoms. The van der Waals surface area contributed by atoms with Crippen LogP contribution in [0.4, 0.5) is 0 Å². The molecule has 21 heavy (non-hydrogen) atoms. The molecule has 2 aliphatic rings. The quantitative estimate of drug-likeness (QED) is 0.700. The molecule has 2 unspecified atom stereocenters. The summed E-state index contributed by atoms with van der Waals surface area (Å²) in [6.07, 6.45) is 3.84. The number of nitrogens with one attached hydrogen (secondary N) is 1. The predicted molar refractivity (Wildman–Crippen MR) is 78.1 cm³/mol. The summed E-state index contributed by atoms with van der Waals surface area (Å²) in [7, 11) is 0. The lowest BCUT2D eigenvalue weighted by Crippen LogP contribution is -2.60. The summed E-state index contributed by atoms with van der Waals surface area (Å²) in [5.41, 5.74) is 4.97. The van der Waals surface area contributed by atoms with Crippen LogP contribution in [0.2, 0.25) is 0 Å². The molecule has 2 atom stereocenters. The van der Waals surface area contributed by atoms with Crippen molar-refractivity contribution in [3.8, 4) is 0 Å². The first-order valence-electron chi connectivity index (χ1n) is 7.77. The fraction of sp³-hybridized carbons (Fsp3) is 0.800. The first kappa shape index (κ1) is 15.9. The van der Waals surface area contributed by atoms with E-state index in [4.69, 9.17) is 5.73 Å². The van der Waals surface area contributed by atoms with Crippen molar-refractivity contribution >= 4 is 17.7 Å². The first-order chi connectivity index (χ1) is 9.86. The molecule has 0 aromatic heterocycles. The number of carbonyl (C=O) groups excluding carboxylic acids is 3. The number of primary amides is 1. The third kappa shape index (κ3) is 3.10. The Hall–Kier alpha value is -1.43. The average molecular weight is 295 g/mol. The van der Waals surface area contributed by atoms with Crippen molar-refractivity contribution in [3.63, 3.8) is 0 Å². The van der Waals surface area contributed by atoms with E-state index in [-0.39, 0.29) is 29.7 Å². The van der Waals surface area contributed by atoms with Crippen LogP contribution in [0.25, 0.3) is 0 Å². The number of rotatable bonds is 6. The molecule has 0 radical (unpaired) electrons. The number of hydrogen-bond acceptors (Lipinski definition) is 4. The fourth-order valence-electron chi connectivity index (χ4n) is 3.73. The lowest BCUT2D eigenvalue weighted by atomic mass is 9.83. The molecule has 2 fully saturated rings. The van der Waals surface area contributed by atoms with Gasteiger partial charge in [0.15, 0.2) is 0 Å². The molecule has 6 heteroatoms. The van der Waals surface area contributed by atoms with Crippen molar-refractivity contribution in [1.82, 2.24) is 10.2 Å². The van der Waals surface area contributed by atoms with Crippen LogP contribution in [-0.2, 0) is 14.4 Å². The first-order valence-corrected chi connectivity index (χ1v) is 7.77. The third-order valence-corrected chi connectivity index (χ3v) is 4.66. The maximum Gasteiger partial charge on any atom is 0.238 e. The van der Waals surface area contributed by atoms with Crippen LogP contribution in [0.15, 0.2) is 0 Å². The Labute approximate surface area is 125 Å². The van der Waals surface area contributed by atoms with Crippen LogP contribution < -0.4 is 11.1 Å². The van der Waals surface area contributed by atoms with E-state index in [1.165, 1.54) is 4.90 Å². The van der Waals surface area contributed by atoms with Gasteiger partial charge in [0.25, 0.3) is 0 Å². The van der Waals surface area contributed by atoms with Gasteiger partial charge in [-0.2, -0.15) is 0 Å². The van der Waals surface area contributed by atoms with E-state index < -0.39 is 5.54 Å². The van der Waals surface area contributed by atoms with Gasteiger partial charge >= 0.3 is 0 Å².